The molecule has 0 aromatic heterocycles. The molecule has 0 saturated heterocycles. The van der Waals surface area contributed by atoms with Gasteiger partial charge in [-0.05, 0) is 19.3 Å². The monoisotopic (exact) mass is 256 g/mol. The first-order valence-corrected chi connectivity index (χ1v) is 6.67. The van der Waals surface area contributed by atoms with E-state index >= 15 is 0 Å². The smallest absolute Gasteiger partial charge is 0.330 e. The lowest BCUT2D eigenvalue weighted by atomic mass is 10.0. The second-order valence-electron chi connectivity index (χ2n) is 4.63. The number of carboxylic acid groups (broad SMARTS) is 2. The predicted molar refractivity (Wildman–Crippen MR) is 70.6 cm³/mol. The van der Waals surface area contributed by atoms with E-state index in [1.807, 2.05) is 0 Å². The van der Waals surface area contributed by atoms with E-state index in [2.05, 4.69) is 6.58 Å². The number of rotatable bonds is 12. The lowest BCUT2D eigenvalue weighted by molar-refractivity contribution is -0.137. The van der Waals surface area contributed by atoms with Crippen molar-refractivity contribution in [3.8, 4) is 0 Å². The molecule has 0 radical (unpaired) electrons. The van der Waals surface area contributed by atoms with E-state index < -0.39 is 11.9 Å². The number of carboxylic acids is 2. The predicted octanol–water partition coefficient (Wildman–Crippen LogP) is 3.61. The van der Waals surface area contributed by atoms with Gasteiger partial charge in [0.1, 0.15) is 0 Å². The summed E-state index contributed by atoms with van der Waals surface area (Å²) in [5.74, 6) is -1.61. The van der Waals surface area contributed by atoms with Gasteiger partial charge in [-0.3, -0.25) is 4.79 Å². The van der Waals surface area contributed by atoms with Gasteiger partial charge in [-0.1, -0.05) is 45.1 Å². The first kappa shape index (κ1) is 16.7. The van der Waals surface area contributed by atoms with E-state index in [1.165, 1.54) is 0 Å². The van der Waals surface area contributed by atoms with Crippen molar-refractivity contribution in [1.29, 1.82) is 0 Å². The van der Waals surface area contributed by atoms with Crippen LogP contribution in [-0.4, -0.2) is 22.2 Å². The summed E-state index contributed by atoms with van der Waals surface area (Å²) in [6.45, 7) is 3.49. The van der Waals surface area contributed by atoms with Crippen LogP contribution in [0.1, 0.15) is 64.2 Å². The maximum atomic E-state index is 10.5. The van der Waals surface area contributed by atoms with Crippen LogP contribution < -0.4 is 0 Å². The Morgan fingerprint density at radius 2 is 1.11 bits per heavy atom. The lowest BCUT2D eigenvalue weighted by Crippen LogP contribution is -1.98. The average Bonchev–Trinajstić information content (AvgIpc) is 2.30. The van der Waals surface area contributed by atoms with E-state index in [0.717, 1.165) is 51.4 Å². The highest BCUT2D eigenvalue weighted by molar-refractivity contribution is 5.85. The van der Waals surface area contributed by atoms with Gasteiger partial charge in [0.2, 0.25) is 0 Å². The number of unbranched alkanes of at least 4 members (excludes halogenated alkanes) is 7. The van der Waals surface area contributed by atoms with Crippen molar-refractivity contribution in [1.82, 2.24) is 0 Å². The highest BCUT2D eigenvalue weighted by atomic mass is 16.4. The first-order chi connectivity index (χ1) is 8.54. The van der Waals surface area contributed by atoms with Crippen LogP contribution in [0.25, 0.3) is 0 Å². The molecule has 0 aliphatic carbocycles. The zero-order valence-electron chi connectivity index (χ0n) is 11.0. The third-order valence-electron chi connectivity index (χ3n) is 2.92. The molecule has 4 nitrogen and oxygen atoms in total. The van der Waals surface area contributed by atoms with Crippen LogP contribution in [0.15, 0.2) is 12.2 Å². The van der Waals surface area contributed by atoms with Gasteiger partial charge in [-0.15, -0.1) is 0 Å². The van der Waals surface area contributed by atoms with E-state index in [1.54, 1.807) is 0 Å². The van der Waals surface area contributed by atoms with Crippen molar-refractivity contribution in [3.63, 3.8) is 0 Å². The molecule has 2 N–H and O–H groups in total. The minimum absolute atomic E-state index is 0.275. The van der Waals surface area contributed by atoms with Crippen LogP contribution in [0.3, 0.4) is 0 Å². The van der Waals surface area contributed by atoms with Gasteiger partial charge in [0.05, 0.1) is 0 Å². The molecule has 0 amide bonds. The quantitative estimate of drug-likeness (QED) is 0.413. The maximum Gasteiger partial charge on any atom is 0.330 e. The molecule has 0 atom stereocenters. The second kappa shape index (κ2) is 10.8. The number of hydrogen-bond donors (Lipinski definition) is 2. The molecule has 0 aliphatic heterocycles. The SMILES string of the molecule is C=C(CCCCCCCCCCC(=O)O)C(=O)O. The van der Waals surface area contributed by atoms with Crippen molar-refractivity contribution in [3.05, 3.63) is 12.2 Å². The molecule has 4 heteroatoms. The topological polar surface area (TPSA) is 74.6 Å². The lowest BCUT2D eigenvalue weighted by Gasteiger charge is -2.02. The van der Waals surface area contributed by atoms with Gasteiger partial charge in [0.15, 0.2) is 0 Å². The Morgan fingerprint density at radius 3 is 1.50 bits per heavy atom. The summed E-state index contributed by atoms with van der Waals surface area (Å²) in [5.41, 5.74) is 0.295. The largest absolute Gasteiger partial charge is 0.481 e. The Morgan fingerprint density at radius 1 is 0.722 bits per heavy atom. The van der Waals surface area contributed by atoms with Crippen LogP contribution >= 0.6 is 0 Å². The molecule has 0 aromatic rings. The first-order valence-electron chi connectivity index (χ1n) is 6.67. The van der Waals surface area contributed by atoms with Crippen molar-refractivity contribution in [2.45, 2.75) is 64.2 Å². The van der Waals surface area contributed by atoms with Crippen LogP contribution in [0.2, 0.25) is 0 Å². The fraction of sp³-hybridized carbons (Fsp3) is 0.714. The van der Waals surface area contributed by atoms with Crippen LogP contribution in [0, 0.1) is 0 Å². The molecule has 104 valence electrons. The normalized spacial score (nSPS) is 10.2. The minimum Gasteiger partial charge on any atom is -0.481 e. The Balaban J connectivity index is 3.14. The van der Waals surface area contributed by atoms with Gasteiger partial charge in [0.25, 0.3) is 0 Å². The summed E-state index contributed by atoms with van der Waals surface area (Å²) >= 11 is 0. The number of carbonyl (C=O) groups is 2. The van der Waals surface area contributed by atoms with Gasteiger partial charge in [0, 0.05) is 12.0 Å². The standard InChI is InChI=1S/C14H24O4/c1-12(14(17)18)10-8-6-4-2-3-5-7-9-11-13(15)16/h1-11H2,(H,15,16)(H,17,18). The fourth-order valence-corrected chi connectivity index (χ4v) is 1.78. The van der Waals surface area contributed by atoms with Crippen LogP contribution in [0.4, 0.5) is 0 Å². The van der Waals surface area contributed by atoms with E-state index in [-0.39, 0.29) is 6.42 Å². The highest BCUT2D eigenvalue weighted by Gasteiger charge is 2.02. The average molecular weight is 256 g/mol. The maximum absolute atomic E-state index is 10.5. The van der Waals surface area contributed by atoms with Gasteiger partial charge < -0.3 is 10.2 Å². The highest BCUT2D eigenvalue weighted by Crippen LogP contribution is 2.12. The Kier molecular flexibility index (Phi) is 10.0. The molecule has 0 heterocycles. The summed E-state index contributed by atoms with van der Waals surface area (Å²) in [6.07, 6.45) is 9.04. The molecule has 0 aromatic carbocycles. The van der Waals surface area contributed by atoms with E-state index in [4.69, 9.17) is 10.2 Å². The molecule has 0 bridgehead atoms. The third kappa shape index (κ3) is 11.2. The summed E-state index contributed by atoms with van der Waals surface area (Å²) in [6, 6.07) is 0. The van der Waals surface area contributed by atoms with Crippen LogP contribution in [0.5, 0.6) is 0 Å². The van der Waals surface area contributed by atoms with Crippen molar-refractivity contribution < 1.29 is 19.8 Å². The summed E-state index contributed by atoms with van der Waals surface area (Å²) in [7, 11) is 0. The van der Waals surface area contributed by atoms with Crippen molar-refractivity contribution >= 4 is 11.9 Å². The molecule has 0 aliphatic rings. The molecular weight excluding hydrogens is 232 g/mol. The minimum atomic E-state index is -0.895. The molecule has 0 fully saturated rings. The summed E-state index contributed by atoms with van der Waals surface area (Å²) in [4.78, 5) is 20.7. The van der Waals surface area contributed by atoms with Crippen molar-refractivity contribution in [2.24, 2.45) is 0 Å². The molecule has 18 heavy (non-hydrogen) atoms. The van der Waals surface area contributed by atoms with Gasteiger partial charge in [-0.25, -0.2) is 4.79 Å². The third-order valence-corrected chi connectivity index (χ3v) is 2.92. The number of aliphatic carboxylic acids is 2. The second-order valence-corrected chi connectivity index (χ2v) is 4.63. The zero-order chi connectivity index (χ0) is 13.8. The van der Waals surface area contributed by atoms with E-state index in [9.17, 15) is 9.59 Å². The Bertz CT molecular complexity index is 271. The Hall–Kier alpha value is -1.32. The fourth-order valence-electron chi connectivity index (χ4n) is 1.78. The molecule has 0 saturated carbocycles. The van der Waals surface area contributed by atoms with Crippen molar-refractivity contribution in [2.75, 3.05) is 0 Å². The molecule has 0 spiro atoms. The zero-order valence-corrected chi connectivity index (χ0v) is 11.0. The molecular formula is C14H24O4. The number of hydrogen-bond acceptors (Lipinski definition) is 2. The van der Waals surface area contributed by atoms with Crippen LogP contribution in [-0.2, 0) is 9.59 Å². The van der Waals surface area contributed by atoms with Gasteiger partial charge >= 0.3 is 11.9 Å². The van der Waals surface area contributed by atoms with E-state index in [0.29, 0.717) is 12.0 Å². The molecule has 0 unspecified atom stereocenters. The summed E-state index contributed by atoms with van der Waals surface area (Å²) < 4.78 is 0. The summed E-state index contributed by atoms with van der Waals surface area (Å²) in [5, 5.41) is 17.1. The Labute approximate surface area is 109 Å². The molecule has 0 rings (SSSR count). The van der Waals surface area contributed by atoms with Gasteiger partial charge in [-0.2, -0.15) is 0 Å².